The molecule has 1 aromatic rings. The fraction of sp³-hybridized carbons (Fsp3) is 0.364. The van der Waals surface area contributed by atoms with Crippen LogP contribution in [0.1, 0.15) is 18.4 Å². The summed E-state index contributed by atoms with van der Waals surface area (Å²) in [6, 6.07) is 4.43. The molecule has 0 aromatic heterocycles. The summed E-state index contributed by atoms with van der Waals surface area (Å²) in [6.07, 6.45) is 0. The van der Waals surface area contributed by atoms with Gasteiger partial charge in [0.15, 0.2) is 0 Å². The molecule has 0 fully saturated rings. The molecule has 0 spiro atoms. The molecular formula is C11H13FO3. The first-order valence-electron chi connectivity index (χ1n) is 4.52. The van der Waals surface area contributed by atoms with Crippen LogP contribution < -0.4 is 4.74 Å². The van der Waals surface area contributed by atoms with E-state index in [4.69, 9.17) is 4.74 Å². The van der Waals surface area contributed by atoms with E-state index in [2.05, 4.69) is 4.74 Å². The second kappa shape index (κ2) is 4.77. The minimum atomic E-state index is -0.675. The normalized spacial score (nSPS) is 12.0. The van der Waals surface area contributed by atoms with Crippen molar-refractivity contribution in [3.05, 3.63) is 29.6 Å². The van der Waals surface area contributed by atoms with Gasteiger partial charge >= 0.3 is 5.97 Å². The first kappa shape index (κ1) is 11.5. The van der Waals surface area contributed by atoms with Crippen LogP contribution in [0.25, 0.3) is 0 Å². The van der Waals surface area contributed by atoms with Gasteiger partial charge < -0.3 is 9.47 Å². The monoisotopic (exact) mass is 212 g/mol. The Hall–Kier alpha value is -1.58. The second-order valence-electron chi connectivity index (χ2n) is 3.10. The lowest BCUT2D eigenvalue weighted by molar-refractivity contribution is -0.142. The van der Waals surface area contributed by atoms with Gasteiger partial charge in [0.1, 0.15) is 11.6 Å². The fourth-order valence-electron chi connectivity index (χ4n) is 1.41. The molecule has 1 aromatic carbocycles. The molecule has 0 radical (unpaired) electrons. The van der Waals surface area contributed by atoms with E-state index in [0.29, 0.717) is 5.75 Å². The van der Waals surface area contributed by atoms with Crippen molar-refractivity contribution in [1.29, 1.82) is 0 Å². The number of esters is 1. The van der Waals surface area contributed by atoms with Gasteiger partial charge in [-0.25, -0.2) is 4.39 Å². The minimum Gasteiger partial charge on any atom is -0.496 e. The Balaban J connectivity index is 3.16. The summed E-state index contributed by atoms with van der Waals surface area (Å²) in [5.41, 5.74) is 0.229. The van der Waals surface area contributed by atoms with Gasteiger partial charge in [-0.2, -0.15) is 0 Å². The molecule has 4 heteroatoms. The predicted molar refractivity (Wildman–Crippen MR) is 53.4 cm³/mol. The standard InChI is InChI=1S/C11H13FO3/c1-7(11(13)15-3)10-8(12)5-4-6-9(10)14-2/h4-7H,1-3H3. The maximum atomic E-state index is 13.5. The average molecular weight is 212 g/mol. The van der Waals surface area contributed by atoms with Gasteiger partial charge in [-0.05, 0) is 19.1 Å². The van der Waals surface area contributed by atoms with E-state index in [1.54, 1.807) is 13.0 Å². The average Bonchev–Trinajstić information content (AvgIpc) is 2.26. The summed E-state index contributed by atoms with van der Waals surface area (Å²) in [5, 5.41) is 0. The molecule has 0 aliphatic rings. The van der Waals surface area contributed by atoms with Crippen molar-refractivity contribution in [2.45, 2.75) is 12.8 Å². The zero-order valence-corrected chi connectivity index (χ0v) is 8.91. The maximum absolute atomic E-state index is 13.5. The molecule has 1 unspecified atom stereocenters. The number of halogens is 1. The molecule has 15 heavy (non-hydrogen) atoms. The molecule has 3 nitrogen and oxygen atoms in total. The summed E-state index contributed by atoms with van der Waals surface area (Å²) in [5.74, 6) is -1.27. The number of benzene rings is 1. The third-order valence-electron chi connectivity index (χ3n) is 2.22. The van der Waals surface area contributed by atoms with Crippen LogP contribution in [0.15, 0.2) is 18.2 Å². The molecule has 1 rings (SSSR count). The van der Waals surface area contributed by atoms with Crippen LogP contribution in [-0.4, -0.2) is 20.2 Å². The Morgan fingerprint density at radius 1 is 1.40 bits per heavy atom. The largest absolute Gasteiger partial charge is 0.496 e. The highest BCUT2D eigenvalue weighted by atomic mass is 19.1. The van der Waals surface area contributed by atoms with Gasteiger partial charge in [-0.1, -0.05) is 6.07 Å². The number of carbonyl (C=O) groups is 1. The second-order valence-corrected chi connectivity index (χ2v) is 3.10. The maximum Gasteiger partial charge on any atom is 0.313 e. The topological polar surface area (TPSA) is 35.5 Å². The first-order valence-corrected chi connectivity index (χ1v) is 4.52. The van der Waals surface area contributed by atoms with E-state index in [1.807, 2.05) is 0 Å². The molecule has 0 aliphatic carbocycles. The number of ether oxygens (including phenoxy) is 2. The number of rotatable bonds is 3. The number of methoxy groups -OCH3 is 2. The lowest BCUT2D eigenvalue weighted by atomic mass is 9.99. The third kappa shape index (κ3) is 2.26. The molecule has 0 amide bonds. The summed E-state index contributed by atoms with van der Waals surface area (Å²) >= 11 is 0. The molecule has 0 saturated heterocycles. The molecule has 82 valence electrons. The van der Waals surface area contributed by atoms with Crippen LogP contribution >= 0.6 is 0 Å². The van der Waals surface area contributed by atoms with E-state index in [9.17, 15) is 9.18 Å². The Labute approximate surface area is 87.8 Å². The highest BCUT2D eigenvalue weighted by Gasteiger charge is 2.23. The molecule has 0 N–H and O–H groups in total. The van der Waals surface area contributed by atoms with Gasteiger partial charge in [-0.15, -0.1) is 0 Å². The Morgan fingerprint density at radius 2 is 2.07 bits per heavy atom. The Morgan fingerprint density at radius 3 is 2.60 bits per heavy atom. The van der Waals surface area contributed by atoms with Crippen LogP contribution in [0.4, 0.5) is 4.39 Å². The molecule has 0 bridgehead atoms. The summed E-state index contributed by atoms with van der Waals surface area (Å²) < 4.78 is 23.1. The summed E-state index contributed by atoms with van der Waals surface area (Å²) in [6.45, 7) is 1.58. The molecule has 0 heterocycles. The van der Waals surface area contributed by atoms with Crippen molar-refractivity contribution in [3.63, 3.8) is 0 Å². The lowest BCUT2D eigenvalue weighted by Crippen LogP contribution is -2.13. The van der Waals surface area contributed by atoms with Crippen LogP contribution in [0, 0.1) is 5.82 Å². The highest BCUT2D eigenvalue weighted by molar-refractivity contribution is 5.78. The molecular weight excluding hydrogens is 199 g/mol. The van der Waals surface area contributed by atoms with Crippen LogP contribution in [0.5, 0.6) is 5.75 Å². The van der Waals surface area contributed by atoms with E-state index < -0.39 is 17.7 Å². The van der Waals surface area contributed by atoms with Crippen LogP contribution in [0.2, 0.25) is 0 Å². The van der Waals surface area contributed by atoms with Gasteiger partial charge in [0.05, 0.1) is 20.1 Å². The van der Waals surface area contributed by atoms with Crippen molar-refractivity contribution < 1.29 is 18.7 Å². The smallest absolute Gasteiger partial charge is 0.313 e. The number of hydrogen-bond donors (Lipinski definition) is 0. The van der Waals surface area contributed by atoms with Crippen LogP contribution in [-0.2, 0) is 9.53 Å². The van der Waals surface area contributed by atoms with Crippen molar-refractivity contribution in [1.82, 2.24) is 0 Å². The lowest BCUT2D eigenvalue weighted by Gasteiger charge is -2.14. The van der Waals surface area contributed by atoms with E-state index in [0.717, 1.165) is 0 Å². The number of hydrogen-bond acceptors (Lipinski definition) is 3. The molecule has 0 saturated carbocycles. The quantitative estimate of drug-likeness (QED) is 0.720. The van der Waals surface area contributed by atoms with E-state index >= 15 is 0 Å². The highest BCUT2D eigenvalue weighted by Crippen LogP contribution is 2.29. The van der Waals surface area contributed by atoms with Crippen molar-refractivity contribution in [2.75, 3.05) is 14.2 Å². The van der Waals surface area contributed by atoms with Gasteiger partial charge in [0.25, 0.3) is 0 Å². The Bertz CT molecular complexity index is 363. The van der Waals surface area contributed by atoms with Crippen molar-refractivity contribution >= 4 is 5.97 Å². The molecule has 0 aliphatic heterocycles. The zero-order chi connectivity index (χ0) is 11.4. The fourth-order valence-corrected chi connectivity index (χ4v) is 1.41. The third-order valence-corrected chi connectivity index (χ3v) is 2.22. The SMILES string of the molecule is COC(=O)C(C)c1c(F)cccc1OC. The van der Waals surface area contributed by atoms with Gasteiger partial charge in [-0.3, -0.25) is 4.79 Å². The summed E-state index contributed by atoms with van der Waals surface area (Å²) in [7, 11) is 2.70. The van der Waals surface area contributed by atoms with Gasteiger partial charge in [0.2, 0.25) is 0 Å². The zero-order valence-electron chi connectivity index (χ0n) is 8.91. The van der Waals surface area contributed by atoms with Crippen molar-refractivity contribution in [3.8, 4) is 5.75 Å². The Kier molecular flexibility index (Phi) is 3.66. The first-order chi connectivity index (χ1) is 7.11. The molecule has 1 atom stereocenters. The van der Waals surface area contributed by atoms with E-state index in [1.165, 1.54) is 26.4 Å². The van der Waals surface area contributed by atoms with Gasteiger partial charge in [0, 0.05) is 5.56 Å². The minimum absolute atomic E-state index is 0.229. The van der Waals surface area contributed by atoms with Crippen LogP contribution in [0.3, 0.4) is 0 Å². The van der Waals surface area contributed by atoms with Crippen molar-refractivity contribution in [2.24, 2.45) is 0 Å². The summed E-state index contributed by atoms with van der Waals surface area (Å²) in [4.78, 5) is 11.3. The number of carbonyl (C=O) groups excluding carboxylic acids is 1. The van der Waals surface area contributed by atoms with E-state index in [-0.39, 0.29) is 5.56 Å². The predicted octanol–water partition coefficient (Wildman–Crippen LogP) is 2.11.